The molecule has 2 aliphatic rings. The molecule has 1 aromatic carbocycles. The van der Waals surface area contributed by atoms with Gasteiger partial charge in [0.2, 0.25) is 17.8 Å². The Labute approximate surface area is 193 Å². The standard InChI is InChI=1S/C22H24ClF2N7O/c23-15-8-12(24)9-16(25)18(15)30-22-29-17-10-27-21(28-13-2-1-3-13)31-20(17)32(22)14-6-4-11(5-7-14)19(26)33/h8-11,13-14H,1-7H2,(H2,26,33)(H,29,30)(H,27,28,31)/t11-,14+. The molecule has 0 aliphatic heterocycles. The van der Waals surface area contributed by atoms with Gasteiger partial charge in [-0.1, -0.05) is 11.6 Å². The first kappa shape index (κ1) is 21.8. The Bertz CT molecular complexity index is 1180. The number of carbonyl (C=O) groups excluding carboxylic acids is 1. The van der Waals surface area contributed by atoms with Gasteiger partial charge < -0.3 is 16.4 Å². The summed E-state index contributed by atoms with van der Waals surface area (Å²) in [5.41, 5.74) is 6.56. The summed E-state index contributed by atoms with van der Waals surface area (Å²) in [7, 11) is 0. The minimum Gasteiger partial charge on any atom is -0.369 e. The molecule has 5 rings (SSSR count). The molecule has 2 saturated carbocycles. The number of imidazole rings is 1. The van der Waals surface area contributed by atoms with Crippen LogP contribution < -0.4 is 16.4 Å². The van der Waals surface area contributed by atoms with Crippen molar-refractivity contribution in [3.05, 3.63) is 35.0 Å². The van der Waals surface area contributed by atoms with E-state index in [0.717, 1.165) is 25.0 Å². The summed E-state index contributed by atoms with van der Waals surface area (Å²) in [5, 5.41) is 6.18. The third kappa shape index (κ3) is 4.31. The van der Waals surface area contributed by atoms with E-state index in [-0.39, 0.29) is 28.6 Å². The van der Waals surface area contributed by atoms with Crippen molar-refractivity contribution in [3.8, 4) is 0 Å². The molecule has 174 valence electrons. The van der Waals surface area contributed by atoms with E-state index < -0.39 is 11.6 Å². The fourth-order valence-corrected chi connectivity index (χ4v) is 4.76. The molecule has 0 atom stereocenters. The van der Waals surface area contributed by atoms with Crippen LogP contribution in [0.4, 0.5) is 26.4 Å². The molecule has 1 amide bonds. The number of hydrogen-bond donors (Lipinski definition) is 3. The Balaban J connectivity index is 1.54. The van der Waals surface area contributed by atoms with Crippen LogP contribution in [0.1, 0.15) is 51.0 Å². The Morgan fingerprint density at radius 3 is 2.52 bits per heavy atom. The summed E-state index contributed by atoms with van der Waals surface area (Å²) < 4.78 is 29.9. The minimum absolute atomic E-state index is 0.0400. The molecule has 2 aliphatic carbocycles. The minimum atomic E-state index is -0.825. The summed E-state index contributed by atoms with van der Waals surface area (Å²) >= 11 is 6.11. The van der Waals surface area contributed by atoms with Crippen LogP contribution >= 0.6 is 11.6 Å². The van der Waals surface area contributed by atoms with Gasteiger partial charge in [-0.2, -0.15) is 4.98 Å². The Kier molecular flexibility index (Phi) is 5.77. The summed E-state index contributed by atoms with van der Waals surface area (Å²) in [6.45, 7) is 0. The van der Waals surface area contributed by atoms with Gasteiger partial charge in [0.15, 0.2) is 11.5 Å². The second-order valence-electron chi connectivity index (χ2n) is 8.76. The lowest BCUT2D eigenvalue weighted by molar-refractivity contribution is -0.122. The third-order valence-corrected chi connectivity index (χ3v) is 6.88. The molecule has 0 saturated heterocycles. The molecule has 0 bridgehead atoms. The predicted molar refractivity (Wildman–Crippen MR) is 121 cm³/mol. The number of anilines is 3. The van der Waals surface area contributed by atoms with Crippen molar-refractivity contribution < 1.29 is 13.6 Å². The van der Waals surface area contributed by atoms with Gasteiger partial charge in [-0.3, -0.25) is 9.36 Å². The Morgan fingerprint density at radius 2 is 1.88 bits per heavy atom. The first-order valence-corrected chi connectivity index (χ1v) is 11.5. The molecule has 8 nitrogen and oxygen atoms in total. The van der Waals surface area contributed by atoms with Crippen molar-refractivity contribution in [2.45, 2.75) is 57.0 Å². The van der Waals surface area contributed by atoms with Crippen molar-refractivity contribution in [2.75, 3.05) is 10.6 Å². The van der Waals surface area contributed by atoms with Crippen molar-refractivity contribution in [1.82, 2.24) is 19.5 Å². The SMILES string of the molecule is NC(=O)[C@H]1CC[C@@H](n2c(Nc3c(F)cc(F)cc3Cl)nc3cnc(NC4CCC4)nc32)CC1. The van der Waals surface area contributed by atoms with Crippen LogP contribution in [0.3, 0.4) is 0 Å². The molecular formula is C22H24ClF2N7O. The van der Waals surface area contributed by atoms with E-state index in [4.69, 9.17) is 22.3 Å². The fraction of sp³-hybridized carbons (Fsp3) is 0.455. The number of primary amides is 1. The number of aromatic nitrogens is 4. The van der Waals surface area contributed by atoms with Crippen molar-refractivity contribution in [1.29, 1.82) is 0 Å². The molecule has 33 heavy (non-hydrogen) atoms. The highest BCUT2D eigenvalue weighted by molar-refractivity contribution is 6.33. The first-order chi connectivity index (χ1) is 15.9. The number of amides is 1. The second-order valence-corrected chi connectivity index (χ2v) is 9.16. The lowest BCUT2D eigenvalue weighted by Crippen LogP contribution is -2.29. The number of rotatable bonds is 6. The number of carbonyl (C=O) groups is 1. The molecular weight excluding hydrogens is 452 g/mol. The maximum atomic E-state index is 14.5. The highest BCUT2D eigenvalue weighted by Crippen LogP contribution is 2.38. The van der Waals surface area contributed by atoms with Crippen LogP contribution in [0.15, 0.2) is 18.3 Å². The molecule has 0 spiro atoms. The van der Waals surface area contributed by atoms with E-state index in [1.807, 2.05) is 4.57 Å². The Hall–Kier alpha value is -3.01. The molecule has 0 unspecified atom stereocenters. The van der Waals surface area contributed by atoms with Crippen LogP contribution in [-0.4, -0.2) is 31.5 Å². The van der Waals surface area contributed by atoms with E-state index in [1.165, 1.54) is 6.42 Å². The molecule has 2 heterocycles. The molecule has 4 N–H and O–H groups in total. The largest absolute Gasteiger partial charge is 0.369 e. The van der Waals surface area contributed by atoms with Crippen LogP contribution in [0.25, 0.3) is 11.2 Å². The highest BCUT2D eigenvalue weighted by Gasteiger charge is 2.30. The van der Waals surface area contributed by atoms with Gasteiger partial charge in [0.05, 0.1) is 16.9 Å². The maximum Gasteiger partial charge on any atom is 0.224 e. The zero-order chi connectivity index (χ0) is 23.1. The number of benzene rings is 1. The normalized spacial score (nSPS) is 21.1. The number of nitrogens with two attached hydrogens (primary N) is 1. The maximum absolute atomic E-state index is 14.5. The fourth-order valence-electron chi connectivity index (χ4n) is 4.52. The van der Waals surface area contributed by atoms with Gasteiger partial charge in [0.1, 0.15) is 11.3 Å². The van der Waals surface area contributed by atoms with E-state index in [0.29, 0.717) is 54.8 Å². The third-order valence-electron chi connectivity index (χ3n) is 6.58. The quantitative estimate of drug-likeness (QED) is 0.477. The number of fused-ring (bicyclic) bond motifs is 1. The Morgan fingerprint density at radius 1 is 1.12 bits per heavy atom. The number of nitrogens with one attached hydrogen (secondary N) is 2. The van der Waals surface area contributed by atoms with Gasteiger partial charge in [-0.15, -0.1) is 0 Å². The van der Waals surface area contributed by atoms with E-state index in [1.54, 1.807) is 6.20 Å². The van der Waals surface area contributed by atoms with Crippen molar-refractivity contribution in [3.63, 3.8) is 0 Å². The number of nitrogens with zero attached hydrogens (tertiary/aromatic N) is 4. The predicted octanol–water partition coefficient (Wildman–Crippen LogP) is 4.68. The van der Waals surface area contributed by atoms with Crippen LogP contribution in [-0.2, 0) is 4.79 Å². The molecule has 0 radical (unpaired) electrons. The smallest absolute Gasteiger partial charge is 0.224 e. The molecule has 3 aromatic rings. The molecule has 2 fully saturated rings. The van der Waals surface area contributed by atoms with E-state index >= 15 is 0 Å². The van der Waals surface area contributed by atoms with Gasteiger partial charge in [0.25, 0.3) is 0 Å². The topological polar surface area (TPSA) is 111 Å². The monoisotopic (exact) mass is 475 g/mol. The first-order valence-electron chi connectivity index (χ1n) is 11.1. The zero-order valence-electron chi connectivity index (χ0n) is 17.8. The zero-order valence-corrected chi connectivity index (χ0v) is 18.6. The van der Waals surface area contributed by atoms with Gasteiger partial charge in [-0.25, -0.2) is 18.7 Å². The summed E-state index contributed by atoms with van der Waals surface area (Å²) in [6.07, 6.45) is 7.61. The lowest BCUT2D eigenvalue weighted by atomic mass is 9.85. The average molecular weight is 476 g/mol. The van der Waals surface area contributed by atoms with Gasteiger partial charge in [0, 0.05) is 24.1 Å². The molecule has 2 aromatic heterocycles. The highest BCUT2D eigenvalue weighted by atomic mass is 35.5. The number of hydrogen-bond acceptors (Lipinski definition) is 6. The van der Waals surface area contributed by atoms with Crippen LogP contribution in [0, 0.1) is 17.6 Å². The summed E-state index contributed by atoms with van der Waals surface area (Å²) in [5.74, 6) is -1.21. The van der Waals surface area contributed by atoms with Crippen molar-refractivity contribution >= 4 is 46.3 Å². The van der Waals surface area contributed by atoms with E-state index in [2.05, 4.69) is 20.6 Å². The van der Waals surface area contributed by atoms with E-state index in [9.17, 15) is 13.6 Å². The van der Waals surface area contributed by atoms with Crippen LogP contribution in [0.2, 0.25) is 5.02 Å². The number of halogens is 3. The van der Waals surface area contributed by atoms with Crippen LogP contribution in [0.5, 0.6) is 0 Å². The second kappa shape index (κ2) is 8.74. The average Bonchev–Trinajstić information content (AvgIpc) is 3.10. The van der Waals surface area contributed by atoms with Crippen molar-refractivity contribution in [2.24, 2.45) is 11.7 Å². The summed E-state index contributed by atoms with van der Waals surface area (Å²) in [6, 6.07) is 2.12. The molecule has 11 heteroatoms. The lowest BCUT2D eigenvalue weighted by Gasteiger charge is -2.29. The van der Waals surface area contributed by atoms with Gasteiger partial charge >= 0.3 is 0 Å². The van der Waals surface area contributed by atoms with Gasteiger partial charge in [-0.05, 0) is 51.0 Å². The summed E-state index contributed by atoms with van der Waals surface area (Å²) in [4.78, 5) is 25.3.